The third-order valence-electron chi connectivity index (χ3n) is 3.16. The van der Waals surface area contributed by atoms with E-state index in [0.29, 0.717) is 0 Å². The SMILES string of the molecule is CNCC1CCC2CCCN21. The fourth-order valence-electron chi connectivity index (χ4n) is 2.65. The van der Waals surface area contributed by atoms with Crippen LogP contribution in [-0.4, -0.2) is 37.1 Å². The number of hydrogen-bond acceptors (Lipinski definition) is 2. The predicted molar refractivity (Wildman–Crippen MR) is 46.7 cm³/mol. The zero-order valence-corrected chi connectivity index (χ0v) is 7.34. The van der Waals surface area contributed by atoms with E-state index in [0.717, 1.165) is 12.1 Å². The molecule has 2 atom stereocenters. The Morgan fingerprint density at radius 3 is 3.09 bits per heavy atom. The number of hydrogen-bond donors (Lipinski definition) is 1. The number of fused-ring (bicyclic) bond motifs is 1. The van der Waals surface area contributed by atoms with E-state index in [4.69, 9.17) is 0 Å². The lowest BCUT2D eigenvalue weighted by atomic mass is 10.1. The normalized spacial score (nSPS) is 37.9. The van der Waals surface area contributed by atoms with Crippen LogP contribution < -0.4 is 5.32 Å². The maximum atomic E-state index is 3.28. The van der Waals surface area contributed by atoms with Crippen LogP contribution in [0.5, 0.6) is 0 Å². The predicted octanol–water partition coefficient (Wildman–Crippen LogP) is 0.833. The van der Waals surface area contributed by atoms with Gasteiger partial charge in [-0.2, -0.15) is 0 Å². The van der Waals surface area contributed by atoms with Gasteiger partial charge in [0.15, 0.2) is 0 Å². The highest BCUT2D eigenvalue weighted by Gasteiger charge is 2.35. The van der Waals surface area contributed by atoms with Crippen LogP contribution in [0.2, 0.25) is 0 Å². The second-order valence-electron chi connectivity index (χ2n) is 3.82. The van der Waals surface area contributed by atoms with Crippen LogP contribution in [-0.2, 0) is 0 Å². The van der Waals surface area contributed by atoms with Gasteiger partial charge < -0.3 is 5.32 Å². The van der Waals surface area contributed by atoms with E-state index in [2.05, 4.69) is 17.3 Å². The van der Waals surface area contributed by atoms with Crippen molar-refractivity contribution in [3.05, 3.63) is 0 Å². The average molecular weight is 154 g/mol. The van der Waals surface area contributed by atoms with Crippen molar-refractivity contribution in [1.82, 2.24) is 10.2 Å². The summed E-state index contributed by atoms with van der Waals surface area (Å²) in [5.74, 6) is 0. The molecule has 2 saturated heterocycles. The van der Waals surface area contributed by atoms with Crippen molar-refractivity contribution in [2.75, 3.05) is 20.1 Å². The average Bonchev–Trinajstić information content (AvgIpc) is 2.53. The number of likely N-dealkylation sites (N-methyl/N-ethyl adjacent to an activating group) is 1. The van der Waals surface area contributed by atoms with Gasteiger partial charge in [0, 0.05) is 18.6 Å². The molecule has 2 unspecified atom stereocenters. The molecule has 2 fully saturated rings. The summed E-state index contributed by atoms with van der Waals surface area (Å²) in [6.07, 6.45) is 5.77. The summed E-state index contributed by atoms with van der Waals surface area (Å²) in [6.45, 7) is 2.55. The summed E-state index contributed by atoms with van der Waals surface area (Å²) in [4.78, 5) is 2.70. The van der Waals surface area contributed by atoms with Crippen LogP contribution in [0.1, 0.15) is 25.7 Å². The van der Waals surface area contributed by atoms with Crippen LogP contribution >= 0.6 is 0 Å². The quantitative estimate of drug-likeness (QED) is 0.634. The number of nitrogens with zero attached hydrogens (tertiary/aromatic N) is 1. The maximum absolute atomic E-state index is 3.28. The molecule has 2 rings (SSSR count). The molecule has 64 valence electrons. The fraction of sp³-hybridized carbons (Fsp3) is 1.00. The van der Waals surface area contributed by atoms with E-state index in [1.54, 1.807) is 0 Å². The molecule has 2 heteroatoms. The number of rotatable bonds is 2. The van der Waals surface area contributed by atoms with Crippen molar-refractivity contribution in [2.45, 2.75) is 37.8 Å². The van der Waals surface area contributed by atoms with E-state index in [-0.39, 0.29) is 0 Å². The Morgan fingerprint density at radius 2 is 2.27 bits per heavy atom. The highest BCUT2D eigenvalue weighted by molar-refractivity contribution is 4.92. The van der Waals surface area contributed by atoms with Crippen LogP contribution in [0.25, 0.3) is 0 Å². The first-order valence-corrected chi connectivity index (χ1v) is 4.82. The van der Waals surface area contributed by atoms with E-state index >= 15 is 0 Å². The molecule has 0 aromatic rings. The van der Waals surface area contributed by atoms with Gasteiger partial charge in [0.05, 0.1) is 0 Å². The van der Waals surface area contributed by atoms with Crippen molar-refractivity contribution in [1.29, 1.82) is 0 Å². The largest absolute Gasteiger partial charge is 0.318 e. The minimum absolute atomic E-state index is 0.854. The van der Waals surface area contributed by atoms with Gasteiger partial charge in [-0.3, -0.25) is 4.90 Å². The minimum atomic E-state index is 0.854. The molecule has 0 aromatic carbocycles. The van der Waals surface area contributed by atoms with E-state index < -0.39 is 0 Å². The van der Waals surface area contributed by atoms with Gasteiger partial charge in [-0.25, -0.2) is 0 Å². The summed E-state index contributed by atoms with van der Waals surface area (Å²) in [6, 6.07) is 1.81. The molecule has 2 aliphatic heterocycles. The van der Waals surface area contributed by atoms with E-state index in [1.807, 2.05) is 0 Å². The topological polar surface area (TPSA) is 15.3 Å². The molecular weight excluding hydrogens is 136 g/mol. The zero-order valence-electron chi connectivity index (χ0n) is 7.34. The molecule has 0 aromatic heterocycles. The van der Waals surface area contributed by atoms with E-state index in [1.165, 1.54) is 38.8 Å². The Morgan fingerprint density at radius 1 is 1.36 bits per heavy atom. The third kappa shape index (κ3) is 1.30. The van der Waals surface area contributed by atoms with Gasteiger partial charge in [-0.15, -0.1) is 0 Å². The fourth-order valence-corrected chi connectivity index (χ4v) is 2.65. The molecule has 2 aliphatic rings. The first-order valence-electron chi connectivity index (χ1n) is 4.82. The third-order valence-corrected chi connectivity index (χ3v) is 3.16. The van der Waals surface area contributed by atoms with Crippen LogP contribution in [0, 0.1) is 0 Å². The molecule has 0 bridgehead atoms. The summed E-state index contributed by atoms with van der Waals surface area (Å²) in [5.41, 5.74) is 0. The van der Waals surface area contributed by atoms with Crippen LogP contribution in [0.3, 0.4) is 0 Å². The second kappa shape index (κ2) is 3.11. The molecule has 0 amide bonds. The Labute approximate surface area is 69.0 Å². The van der Waals surface area contributed by atoms with Crippen molar-refractivity contribution in [3.63, 3.8) is 0 Å². The molecule has 2 nitrogen and oxygen atoms in total. The van der Waals surface area contributed by atoms with Gasteiger partial charge in [-0.05, 0) is 39.3 Å². The molecule has 0 spiro atoms. The zero-order chi connectivity index (χ0) is 7.68. The van der Waals surface area contributed by atoms with Crippen molar-refractivity contribution in [3.8, 4) is 0 Å². The summed E-state index contributed by atoms with van der Waals surface area (Å²) >= 11 is 0. The standard InChI is InChI=1S/C9H18N2/c1-10-7-9-5-4-8-3-2-6-11(8)9/h8-10H,2-7H2,1H3. The lowest BCUT2D eigenvalue weighted by molar-refractivity contribution is 0.242. The van der Waals surface area contributed by atoms with Crippen molar-refractivity contribution in [2.24, 2.45) is 0 Å². The summed E-state index contributed by atoms with van der Waals surface area (Å²) < 4.78 is 0. The highest BCUT2D eigenvalue weighted by atomic mass is 15.2. The maximum Gasteiger partial charge on any atom is 0.0224 e. The van der Waals surface area contributed by atoms with Crippen molar-refractivity contribution < 1.29 is 0 Å². The Balaban J connectivity index is 1.92. The lowest BCUT2D eigenvalue weighted by Gasteiger charge is -2.23. The van der Waals surface area contributed by atoms with Gasteiger partial charge in [-0.1, -0.05) is 0 Å². The minimum Gasteiger partial charge on any atom is -0.318 e. The second-order valence-corrected chi connectivity index (χ2v) is 3.82. The molecule has 2 heterocycles. The smallest absolute Gasteiger partial charge is 0.0224 e. The highest BCUT2D eigenvalue weighted by Crippen LogP contribution is 2.31. The molecule has 1 N–H and O–H groups in total. The van der Waals surface area contributed by atoms with Gasteiger partial charge >= 0.3 is 0 Å². The summed E-state index contributed by atoms with van der Waals surface area (Å²) in [5, 5.41) is 3.28. The Kier molecular flexibility index (Phi) is 2.14. The molecule has 11 heavy (non-hydrogen) atoms. The lowest BCUT2D eigenvalue weighted by Crippen LogP contribution is -2.37. The van der Waals surface area contributed by atoms with Crippen LogP contribution in [0.4, 0.5) is 0 Å². The van der Waals surface area contributed by atoms with Crippen molar-refractivity contribution >= 4 is 0 Å². The number of nitrogens with one attached hydrogen (secondary N) is 1. The Hall–Kier alpha value is -0.0800. The first-order chi connectivity index (χ1) is 5.42. The molecular formula is C9H18N2. The molecule has 0 aliphatic carbocycles. The first kappa shape index (κ1) is 7.56. The Bertz CT molecular complexity index is 134. The van der Waals surface area contributed by atoms with Gasteiger partial charge in [0.25, 0.3) is 0 Å². The van der Waals surface area contributed by atoms with Gasteiger partial charge in [0.2, 0.25) is 0 Å². The van der Waals surface area contributed by atoms with Crippen LogP contribution in [0.15, 0.2) is 0 Å². The van der Waals surface area contributed by atoms with Gasteiger partial charge in [0.1, 0.15) is 0 Å². The van der Waals surface area contributed by atoms with E-state index in [9.17, 15) is 0 Å². The monoisotopic (exact) mass is 154 g/mol. The summed E-state index contributed by atoms with van der Waals surface area (Å²) in [7, 11) is 2.06. The molecule has 0 radical (unpaired) electrons. The molecule has 0 saturated carbocycles.